The van der Waals surface area contributed by atoms with Gasteiger partial charge in [0.1, 0.15) is 22.7 Å². The van der Waals surface area contributed by atoms with Gasteiger partial charge < -0.3 is 13.7 Å². The average Bonchev–Trinajstić information content (AvgIpc) is 3.29. The molecule has 0 fully saturated rings. The summed E-state index contributed by atoms with van der Waals surface area (Å²) in [5, 5.41) is 3.65. The number of fused-ring (bicyclic) bond motifs is 1. The van der Waals surface area contributed by atoms with E-state index in [4.69, 9.17) is 13.7 Å². The molecule has 0 atom stereocenters. The molecule has 0 N–H and O–H groups in total. The van der Waals surface area contributed by atoms with E-state index in [2.05, 4.69) is 31.1 Å². The molecule has 0 aliphatic heterocycles. The van der Waals surface area contributed by atoms with Gasteiger partial charge in [-0.25, -0.2) is 9.78 Å². The number of rotatable bonds is 5. The van der Waals surface area contributed by atoms with E-state index < -0.39 is 11.5 Å². The Morgan fingerprint density at radius 1 is 1.27 bits per heavy atom. The zero-order chi connectivity index (χ0) is 21.4. The van der Waals surface area contributed by atoms with Crippen LogP contribution in [0.1, 0.15) is 34.7 Å². The Balaban J connectivity index is 1.77. The van der Waals surface area contributed by atoms with Crippen LogP contribution in [0.5, 0.6) is 0 Å². The molecule has 0 aliphatic rings. The highest BCUT2D eigenvalue weighted by atomic mass is 79.9. The topological polar surface area (TPSA) is 113 Å². The first-order valence-corrected chi connectivity index (χ1v) is 9.94. The number of hydrogen-bond acceptors (Lipinski definition) is 8. The normalized spacial score (nSPS) is 11.2. The fourth-order valence-electron chi connectivity index (χ4n) is 3.03. The number of nitrogens with zero attached hydrogens (tertiary/aromatic N) is 4. The number of hydrogen-bond donors (Lipinski definition) is 0. The van der Waals surface area contributed by atoms with Crippen molar-refractivity contribution in [2.45, 2.75) is 27.3 Å². The highest BCUT2D eigenvalue weighted by Crippen LogP contribution is 2.25. The molecule has 0 saturated heterocycles. The minimum absolute atomic E-state index is 0.0106. The van der Waals surface area contributed by atoms with Gasteiger partial charge in [-0.2, -0.15) is 4.98 Å². The van der Waals surface area contributed by atoms with E-state index in [1.54, 1.807) is 20.8 Å². The van der Waals surface area contributed by atoms with Crippen molar-refractivity contribution in [1.82, 2.24) is 19.7 Å². The summed E-state index contributed by atoms with van der Waals surface area (Å²) in [6.07, 6.45) is 0. The fraction of sp³-hybridized carbons (Fsp3) is 0.250. The summed E-state index contributed by atoms with van der Waals surface area (Å²) >= 11 is 3.43. The van der Waals surface area contributed by atoms with Crippen LogP contribution in [0.4, 0.5) is 0 Å². The summed E-state index contributed by atoms with van der Waals surface area (Å²) in [6.45, 7) is 5.37. The van der Waals surface area contributed by atoms with E-state index in [-0.39, 0.29) is 29.9 Å². The van der Waals surface area contributed by atoms with Crippen LogP contribution in [0.2, 0.25) is 0 Å². The lowest BCUT2D eigenvalue weighted by molar-refractivity contribution is 0.0516. The molecule has 4 rings (SSSR count). The second-order valence-electron chi connectivity index (χ2n) is 6.51. The maximum Gasteiger partial charge on any atom is 0.361 e. The van der Waals surface area contributed by atoms with Gasteiger partial charge in [0.25, 0.3) is 11.3 Å². The maximum atomic E-state index is 13.1. The molecular weight excluding hydrogens is 456 g/mol. The SMILES string of the molecule is CCOC(=O)c1noc2nc(C)n(Cc3nc(-c4cccc(Br)c4)oc3C)c(=O)c12. The second kappa shape index (κ2) is 7.86. The van der Waals surface area contributed by atoms with Gasteiger partial charge in [0.15, 0.2) is 0 Å². The molecule has 30 heavy (non-hydrogen) atoms. The van der Waals surface area contributed by atoms with Gasteiger partial charge in [-0.3, -0.25) is 9.36 Å². The number of carbonyl (C=O) groups excluding carboxylic acids is 1. The third-order valence-corrected chi connectivity index (χ3v) is 5.02. The monoisotopic (exact) mass is 472 g/mol. The molecular formula is C20H17BrN4O5. The smallest absolute Gasteiger partial charge is 0.361 e. The zero-order valence-corrected chi connectivity index (χ0v) is 18.0. The van der Waals surface area contributed by atoms with Crippen molar-refractivity contribution in [3.63, 3.8) is 0 Å². The largest absolute Gasteiger partial charge is 0.461 e. The highest BCUT2D eigenvalue weighted by molar-refractivity contribution is 9.10. The van der Waals surface area contributed by atoms with Crippen LogP contribution in [0.15, 0.2) is 42.5 Å². The molecule has 4 aromatic rings. The van der Waals surface area contributed by atoms with Gasteiger partial charge in [-0.05, 0) is 39.0 Å². The minimum Gasteiger partial charge on any atom is -0.461 e. The van der Waals surface area contributed by atoms with Gasteiger partial charge in [-0.1, -0.05) is 27.2 Å². The standard InChI is InChI=1S/C20H17BrN4O5/c1-4-28-20(27)16-15-18(30-24-16)22-11(3)25(19(15)26)9-14-10(2)29-17(23-14)12-6-5-7-13(21)8-12/h5-8H,4,9H2,1-3H3. The van der Waals surface area contributed by atoms with Crippen molar-refractivity contribution >= 4 is 33.0 Å². The summed E-state index contributed by atoms with van der Waals surface area (Å²) in [7, 11) is 0. The number of esters is 1. The molecule has 3 aromatic heterocycles. The molecule has 0 spiro atoms. The van der Waals surface area contributed by atoms with Crippen molar-refractivity contribution in [1.29, 1.82) is 0 Å². The zero-order valence-electron chi connectivity index (χ0n) is 16.4. The summed E-state index contributed by atoms with van der Waals surface area (Å²) in [5.41, 5.74) is 0.715. The third-order valence-electron chi connectivity index (χ3n) is 4.53. The molecule has 3 heterocycles. The van der Waals surface area contributed by atoms with Crippen LogP contribution in [-0.4, -0.2) is 32.3 Å². The molecule has 1 aromatic carbocycles. The summed E-state index contributed by atoms with van der Waals surface area (Å²) in [4.78, 5) is 34.1. The Morgan fingerprint density at radius 3 is 2.80 bits per heavy atom. The van der Waals surface area contributed by atoms with Crippen LogP contribution in [-0.2, 0) is 11.3 Å². The lowest BCUT2D eigenvalue weighted by Crippen LogP contribution is -2.25. The lowest BCUT2D eigenvalue weighted by atomic mass is 10.2. The van der Waals surface area contributed by atoms with E-state index in [0.29, 0.717) is 23.2 Å². The minimum atomic E-state index is -0.736. The number of oxazole rings is 1. The first-order valence-electron chi connectivity index (χ1n) is 9.15. The number of benzene rings is 1. The quantitative estimate of drug-likeness (QED) is 0.404. The molecule has 0 amide bonds. The van der Waals surface area contributed by atoms with Crippen LogP contribution in [0.25, 0.3) is 22.6 Å². The Kier molecular flexibility index (Phi) is 5.25. The van der Waals surface area contributed by atoms with Crippen molar-refractivity contribution in [3.8, 4) is 11.5 Å². The van der Waals surface area contributed by atoms with Gasteiger partial charge >= 0.3 is 5.97 Å². The predicted molar refractivity (Wildman–Crippen MR) is 110 cm³/mol. The highest BCUT2D eigenvalue weighted by Gasteiger charge is 2.24. The van der Waals surface area contributed by atoms with Crippen LogP contribution in [0, 0.1) is 13.8 Å². The molecule has 0 bridgehead atoms. The molecule has 0 unspecified atom stereocenters. The third kappa shape index (κ3) is 3.54. The molecule has 10 heteroatoms. The number of halogens is 1. The first-order chi connectivity index (χ1) is 14.4. The summed E-state index contributed by atoms with van der Waals surface area (Å²) in [6, 6.07) is 7.56. The Morgan fingerprint density at radius 2 is 2.07 bits per heavy atom. The van der Waals surface area contributed by atoms with Crippen molar-refractivity contribution in [2.24, 2.45) is 0 Å². The van der Waals surface area contributed by atoms with Crippen LogP contribution in [0.3, 0.4) is 0 Å². The fourth-order valence-corrected chi connectivity index (χ4v) is 3.43. The number of ether oxygens (including phenoxy) is 1. The molecule has 0 saturated carbocycles. The number of carbonyl (C=O) groups is 1. The molecule has 9 nitrogen and oxygen atoms in total. The van der Waals surface area contributed by atoms with Gasteiger partial charge in [0, 0.05) is 10.0 Å². The number of aryl methyl sites for hydroxylation is 2. The van der Waals surface area contributed by atoms with E-state index >= 15 is 0 Å². The molecule has 0 radical (unpaired) electrons. The van der Waals surface area contributed by atoms with E-state index in [1.165, 1.54) is 4.57 Å². The lowest BCUT2D eigenvalue weighted by Gasteiger charge is -2.07. The van der Waals surface area contributed by atoms with Gasteiger partial charge in [0.2, 0.25) is 11.6 Å². The number of aromatic nitrogens is 4. The Labute approximate surface area is 178 Å². The average molecular weight is 473 g/mol. The van der Waals surface area contributed by atoms with Crippen LogP contribution >= 0.6 is 15.9 Å². The van der Waals surface area contributed by atoms with Gasteiger partial charge in [0.05, 0.1) is 13.2 Å². The van der Waals surface area contributed by atoms with E-state index in [9.17, 15) is 9.59 Å². The Bertz CT molecular complexity index is 1320. The molecule has 154 valence electrons. The predicted octanol–water partition coefficient (Wildman–Crippen LogP) is 3.64. The van der Waals surface area contributed by atoms with Crippen LogP contribution < -0.4 is 5.56 Å². The molecule has 0 aliphatic carbocycles. The summed E-state index contributed by atoms with van der Waals surface area (Å²) in [5.74, 6) is 0.679. The summed E-state index contributed by atoms with van der Waals surface area (Å²) < 4.78 is 18.1. The Hall–Kier alpha value is -3.27. The second-order valence-corrected chi connectivity index (χ2v) is 7.43. The van der Waals surface area contributed by atoms with E-state index in [1.807, 2.05) is 24.3 Å². The van der Waals surface area contributed by atoms with Gasteiger partial charge in [-0.15, -0.1) is 0 Å². The van der Waals surface area contributed by atoms with Crippen molar-refractivity contribution in [3.05, 3.63) is 62.1 Å². The van der Waals surface area contributed by atoms with Crippen molar-refractivity contribution in [2.75, 3.05) is 6.61 Å². The van der Waals surface area contributed by atoms with Crippen molar-refractivity contribution < 1.29 is 18.5 Å². The first kappa shape index (κ1) is 20.0. The maximum absolute atomic E-state index is 13.1. The van der Waals surface area contributed by atoms with E-state index in [0.717, 1.165) is 10.0 Å².